The molecule has 0 spiro atoms. The van der Waals surface area contributed by atoms with Crippen molar-refractivity contribution in [2.45, 2.75) is 26.9 Å². The number of benzene rings is 3. The van der Waals surface area contributed by atoms with Gasteiger partial charge in [0.25, 0.3) is 5.56 Å². The fourth-order valence-electron chi connectivity index (χ4n) is 5.08. The first kappa shape index (κ1) is 27.5. The van der Waals surface area contributed by atoms with Crippen molar-refractivity contribution in [1.29, 1.82) is 0 Å². The normalized spacial score (nSPS) is 12.3. The summed E-state index contributed by atoms with van der Waals surface area (Å²) < 4.78 is 20.4. The molecule has 0 unspecified atom stereocenters. The molecule has 0 aliphatic carbocycles. The van der Waals surface area contributed by atoms with Gasteiger partial charge in [-0.2, -0.15) is 9.78 Å². The Kier molecular flexibility index (Phi) is 7.03. The van der Waals surface area contributed by atoms with Crippen molar-refractivity contribution >= 4 is 34.1 Å². The minimum Gasteiger partial charge on any atom is -0.496 e. The molecular formula is C33H28N4O6. The SMILES string of the molecule is COc1cccc2oc(-c3nc4ccccc4c(=O)n3N=Cc3cc(C)n(-c4ccc(O[C@H](C)C(=O)O)cc4)c3C)cc12. The van der Waals surface area contributed by atoms with E-state index in [0.717, 1.165) is 28.0 Å². The first-order chi connectivity index (χ1) is 20.7. The minimum absolute atomic E-state index is 0.262. The Labute approximate surface area is 246 Å². The molecule has 0 radical (unpaired) electrons. The number of hydrogen-bond acceptors (Lipinski definition) is 7. The third kappa shape index (κ3) is 5.03. The van der Waals surface area contributed by atoms with Crippen LogP contribution in [0.4, 0.5) is 0 Å². The quantitative estimate of drug-likeness (QED) is 0.222. The smallest absolute Gasteiger partial charge is 0.344 e. The molecule has 0 saturated carbocycles. The lowest BCUT2D eigenvalue weighted by molar-refractivity contribution is -0.144. The molecular weight excluding hydrogens is 548 g/mol. The third-order valence-electron chi connectivity index (χ3n) is 7.25. The lowest BCUT2D eigenvalue weighted by atomic mass is 10.2. The Morgan fingerprint density at radius 1 is 1.02 bits per heavy atom. The van der Waals surface area contributed by atoms with E-state index in [1.165, 1.54) is 11.6 Å². The monoisotopic (exact) mass is 576 g/mol. The van der Waals surface area contributed by atoms with Crippen LogP contribution in [0.15, 0.2) is 93.2 Å². The van der Waals surface area contributed by atoms with E-state index < -0.39 is 12.1 Å². The summed E-state index contributed by atoms with van der Waals surface area (Å²) in [6.07, 6.45) is 0.679. The Bertz CT molecular complexity index is 2090. The zero-order valence-corrected chi connectivity index (χ0v) is 23.9. The largest absolute Gasteiger partial charge is 0.496 e. The van der Waals surface area contributed by atoms with E-state index in [-0.39, 0.29) is 11.4 Å². The van der Waals surface area contributed by atoms with Gasteiger partial charge in [0.2, 0.25) is 5.82 Å². The van der Waals surface area contributed by atoms with Crippen molar-refractivity contribution in [3.63, 3.8) is 0 Å². The molecule has 0 fully saturated rings. The van der Waals surface area contributed by atoms with Crippen LogP contribution < -0.4 is 15.0 Å². The fraction of sp³-hybridized carbons (Fsp3) is 0.152. The average molecular weight is 577 g/mol. The Hall–Kier alpha value is -5.64. The molecule has 43 heavy (non-hydrogen) atoms. The van der Waals surface area contributed by atoms with Crippen molar-refractivity contribution < 1.29 is 23.8 Å². The van der Waals surface area contributed by atoms with E-state index in [4.69, 9.17) is 24.0 Å². The second kappa shape index (κ2) is 11.0. The third-order valence-corrected chi connectivity index (χ3v) is 7.25. The molecule has 0 aliphatic heterocycles. The number of fused-ring (bicyclic) bond motifs is 2. The molecule has 3 aromatic carbocycles. The van der Waals surface area contributed by atoms with Crippen LogP contribution in [-0.2, 0) is 4.79 Å². The average Bonchev–Trinajstić information content (AvgIpc) is 3.57. The summed E-state index contributed by atoms with van der Waals surface area (Å²) in [7, 11) is 1.59. The highest BCUT2D eigenvalue weighted by Gasteiger charge is 2.19. The highest BCUT2D eigenvalue weighted by atomic mass is 16.5. The summed E-state index contributed by atoms with van der Waals surface area (Å²) in [6.45, 7) is 5.41. The topological polar surface area (TPSA) is 121 Å². The van der Waals surface area contributed by atoms with Gasteiger partial charge in [-0.3, -0.25) is 4.79 Å². The van der Waals surface area contributed by atoms with E-state index in [1.807, 2.05) is 60.9 Å². The number of aromatic nitrogens is 3. The van der Waals surface area contributed by atoms with E-state index in [0.29, 0.717) is 33.7 Å². The van der Waals surface area contributed by atoms with Crippen LogP contribution in [0.1, 0.15) is 23.9 Å². The Balaban J connectivity index is 1.41. The van der Waals surface area contributed by atoms with Crippen LogP contribution in [0.5, 0.6) is 11.5 Å². The number of ether oxygens (including phenoxy) is 2. The number of carboxylic acids is 1. The van der Waals surface area contributed by atoms with Gasteiger partial charge in [-0.1, -0.05) is 18.2 Å². The molecule has 0 saturated heterocycles. The van der Waals surface area contributed by atoms with Crippen LogP contribution in [0.3, 0.4) is 0 Å². The highest BCUT2D eigenvalue weighted by molar-refractivity contribution is 5.89. The number of carbonyl (C=O) groups is 1. The first-order valence-electron chi connectivity index (χ1n) is 13.6. The summed E-state index contributed by atoms with van der Waals surface area (Å²) in [5.41, 5.74) is 4.31. The van der Waals surface area contributed by atoms with Crippen molar-refractivity contribution in [2.75, 3.05) is 7.11 Å². The molecule has 0 bridgehead atoms. The van der Waals surface area contributed by atoms with Crippen molar-refractivity contribution in [3.05, 3.63) is 106 Å². The molecule has 6 aromatic rings. The molecule has 1 atom stereocenters. The van der Waals surface area contributed by atoms with Crippen LogP contribution in [0, 0.1) is 13.8 Å². The summed E-state index contributed by atoms with van der Waals surface area (Å²) in [6, 6.07) is 23.6. The summed E-state index contributed by atoms with van der Waals surface area (Å²) in [4.78, 5) is 29.6. The molecule has 10 heteroatoms. The molecule has 0 aliphatic rings. The van der Waals surface area contributed by atoms with Crippen LogP contribution in [0.2, 0.25) is 0 Å². The number of hydrogen-bond donors (Lipinski definition) is 1. The van der Waals surface area contributed by atoms with Crippen LogP contribution >= 0.6 is 0 Å². The fourth-order valence-corrected chi connectivity index (χ4v) is 5.08. The summed E-state index contributed by atoms with van der Waals surface area (Å²) in [5, 5.41) is 14.9. The van der Waals surface area contributed by atoms with Gasteiger partial charge in [0.15, 0.2) is 11.9 Å². The summed E-state index contributed by atoms with van der Waals surface area (Å²) >= 11 is 0. The van der Waals surface area contributed by atoms with E-state index in [9.17, 15) is 9.59 Å². The maximum absolute atomic E-state index is 13.7. The number of rotatable bonds is 8. The number of nitrogens with zero attached hydrogens (tertiary/aromatic N) is 4. The van der Waals surface area contributed by atoms with Crippen LogP contribution in [-0.4, -0.2) is 44.7 Å². The number of carboxylic acid groups (broad SMARTS) is 1. The second-order valence-electron chi connectivity index (χ2n) is 10.1. The molecule has 10 nitrogen and oxygen atoms in total. The molecule has 0 amide bonds. The maximum atomic E-state index is 13.7. The maximum Gasteiger partial charge on any atom is 0.344 e. The highest BCUT2D eigenvalue weighted by Crippen LogP contribution is 2.33. The number of furan rings is 1. The van der Waals surface area contributed by atoms with Crippen molar-refractivity contribution in [1.82, 2.24) is 14.2 Å². The van der Waals surface area contributed by atoms with E-state index >= 15 is 0 Å². The molecule has 216 valence electrons. The zero-order valence-electron chi connectivity index (χ0n) is 23.9. The molecule has 1 N–H and O–H groups in total. The van der Waals surface area contributed by atoms with E-state index in [1.54, 1.807) is 49.7 Å². The van der Waals surface area contributed by atoms with Crippen LogP contribution in [0.25, 0.3) is 39.1 Å². The summed E-state index contributed by atoms with van der Waals surface area (Å²) in [5.74, 6) is 0.715. The van der Waals surface area contributed by atoms with Gasteiger partial charge in [-0.05, 0) is 81.4 Å². The molecule has 3 aromatic heterocycles. The van der Waals surface area contributed by atoms with Gasteiger partial charge in [0.1, 0.15) is 17.1 Å². The molecule has 6 rings (SSSR count). The minimum atomic E-state index is -1.03. The molecule has 3 heterocycles. The Morgan fingerprint density at radius 3 is 2.53 bits per heavy atom. The van der Waals surface area contributed by atoms with Gasteiger partial charge < -0.3 is 23.6 Å². The van der Waals surface area contributed by atoms with Gasteiger partial charge in [-0.25, -0.2) is 9.78 Å². The predicted molar refractivity (Wildman–Crippen MR) is 164 cm³/mol. The van der Waals surface area contributed by atoms with Gasteiger partial charge in [0, 0.05) is 22.6 Å². The lowest BCUT2D eigenvalue weighted by Gasteiger charge is -2.13. The first-order valence-corrected chi connectivity index (χ1v) is 13.6. The van der Waals surface area contributed by atoms with Crippen molar-refractivity contribution in [2.24, 2.45) is 5.10 Å². The Morgan fingerprint density at radius 2 is 1.79 bits per heavy atom. The van der Waals surface area contributed by atoms with E-state index in [2.05, 4.69) is 5.10 Å². The number of methoxy groups -OCH3 is 1. The van der Waals surface area contributed by atoms with Gasteiger partial charge in [-0.15, -0.1) is 0 Å². The predicted octanol–water partition coefficient (Wildman–Crippen LogP) is 5.96. The number of aliphatic carboxylic acids is 1. The number of para-hydroxylation sites is 1. The van der Waals surface area contributed by atoms with Crippen molar-refractivity contribution in [3.8, 4) is 28.8 Å². The standard InChI is InChI=1S/C33H28N4O6/c1-19-16-22(20(2)36(19)23-12-14-24(15-13-23)42-21(3)33(39)40)18-34-37-31(35-27-9-6-5-8-25(27)32(37)38)30-17-26-28(41-4)10-7-11-29(26)43-30/h5-18,21H,1-4H3,(H,39,40)/t21-/m1/s1. The zero-order chi connectivity index (χ0) is 30.2. The van der Waals surface area contributed by atoms with Gasteiger partial charge in [0.05, 0.1) is 29.6 Å². The second-order valence-corrected chi connectivity index (χ2v) is 10.1. The number of aryl methyl sites for hydroxylation is 1. The lowest BCUT2D eigenvalue weighted by Crippen LogP contribution is -2.22. The van der Waals surface area contributed by atoms with Gasteiger partial charge >= 0.3 is 5.97 Å².